The number of rotatable bonds is 2. The molecule has 0 atom stereocenters. The maximum Gasteiger partial charge on any atom is 0.221 e. The predicted octanol–water partition coefficient (Wildman–Crippen LogP) is 1.72. The largest absolute Gasteiger partial charge is 0.387 e. The molecule has 1 aromatic carbocycles. The van der Waals surface area contributed by atoms with Gasteiger partial charge in [-0.2, -0.15) is 5.26 Å². The van der Waals surface area contributed by atoms with Crippen molar-refractivity contribution in [3.8, 4) is 6.07 Å². The minimum Gasteiger partial charge on any atom is -0.387 e. The van der Waals surface area contributed by atoms with Crippen molar-refractivity contribution in [1.82, 2.24) is 5.32 Å². The topological polar surface area (TPSA) is 70.0 Å². The number of nitriles is 1. The van der Waals surface area contributed by atoms with Gasteiger partial charge in [0.25, 0.3) is 0 Å². The Morgan fingerprint density at radius 3 is 2.67 bits per heavy atom. The first-order valence-electron chi connectivity index (χ1n) is 5.44. The van der Waals surface area contributed by atoms with E-state index in [2.05, 4.69) is 5.32 Å². The van der Waals surface area contributed by atoms with Crippen LogP contribution in [-0.4, -0.2) is 15.0 Å². The molecule has 0 amide bonds. The average molecular weight is 266 g/mol. The van der Waals surface area contributed by atoms with E-state index in [4.69, 9.17) is 5.26 Å². The second-order valence-electron chi connectivity index (χ2n) is 3.88. The molecule has 6 heteroatoms. The quantitative estimate of drug-likeness (QED) is 0.827. The molecule has 0 radical (unpaired) electrons. The molecule has 0 spiro atoms. The SMILES string of the molecule is N#C/C(=C1\CCCN1)S(=O)(=O)c1ccccc1F. The fraction of sp³-hybridized carbons (Fsp3) is 0.250. The highest BCUT2D eigenvalue weighted by Crippen LogP contribution is 2.26. The summed E-state index contributed by atoms with van der Waals surface area (Å²) in [7, 11) is -4.08. The molecule has 1 aliphatic heterocycles. The molecule has 0 bridgehead atoms. The highest BCUT2D eigenvalue weighted by molar-refractivity contribution is 7.95. The summed E-state index contributed by atoms with van der Waals surface area (Å²) in [4.78, 5) is -0.840. The van der Waals surface area contributed by atoms with Crippen molar-refractivity contribution in [2.24, 2.45) is 0 Å². The normalized spacial score (nSPS) is 18.0. The number of nitrogens with zero attached hydrogens (tertiary/aromatic N) is 1. The minimum absolute atomic E-state index is 0.376. The molecule has 94 valence electrons. The van der Waals surface area contributed by atoms with Crippen molar-refractivity contribution < 1.29 is 12.8 Å². The van der Waals surface area contributed by atoms with Crippen molar-refractivity contribution in [2.75, 3.05) is 6.54 Å². The lowest BCUT2D eigenvalue weighted by Crippen LogP contribution is -2.13. The Morgan fingerprint density at radius 1 is 1.39 bits per heavy atom. The summed E-state index contributed by atoms with van der Waals surface area (Å²) >= 11 is 0. The number of sulfone groups is 1. The van der Waals surface area contributed by atoms with Crippen LogP contribution in [0.5, 0.6) is 0 Å². The van der Waals surface area contributed by atoms with E-state index < -0.39 is 20.5 Å². The van der Waals surface area contributed by atoms with Gasteiger partial charge in [-0.3, -0.25) is 0 Å². The third-order valence-electron chi connectivity index (χ3n) is 2.71. The summed E-state index contributed by atoms with van der Waals surface area (Å²) in [5, 5.41) is 11.9. The van der Waals surface area contributed by atoms with Gasteiger partial charge in [-0.25, -0.2) is 12.8 Å². The standard InChI is InChI=1S/C12H11FN2O2S/c13-9-4-1-2-6-11(9)18(16,17)12(8-14)10-5-3-7-15-10/h1-2,4,6,15H,3,5,7H2/b12-10-. The molecule has 1 saturated heterocycles. The molecule has 1 heterocycles. The van der Waals surface area contributed by atoms with Crippen molar-refractivity contribution in [3.63, 3.8) is 0 Å². The van der Waals surface area contributed by atoms with Gasteiger partial charge in [0.2, 0.25) is 9.84 Å². The average Bonchev–Trinajstić information content (AvgIpc) is 2.83. The van der Waals surface area contributed by atoms with Crippen LogP contribution in [0.15, 0.2) is 39.8 Å². The van der Waals surface area contributed by atoms with Gasteiger partial charge in [0.1, 0.15) is 16.8 Å². The van der Waals surface area contributed by atoms with Gasteiger partial charge >= 0.3 is 0 Å². The van der Waals surface area contributed by atoms with E-state index in [-0.39, 0.29) is 4.91 Å². The molecule has 2 rings (SSSR count). The van der Waals surface area contributed by atoms with Crippen LogP contribution in [0.3, 0.4) is 0 Å². The molecule has 1 aliphatic rings. The Hall–Kier alpha value is -1.87. The smallest absolute Gasteiger partial charge is 0.221 e. The van der Waals surface area contributed by atoms with Crippen LogP contribution in [0.2, 0.25) is 0 Å². The summed E-state index contributed by atoms with van der Waals surface area (Å²) < 4.78 is 38.0. The van der Waals surface area contributed by atoms with E-state index in [0.717, 1.165) is 18.6 Å². The van der Waals surface area contributed by atoms with Gasteiger partial charge in [0.15, 0.2) is 4.91 Å². The predicted molar refractivity (Wildman–Crippen MR) is 63.5 cm³/mol. The lowest BCUT2D eigenvalue weighted by molar-refractivity contribution is 0.571. The first-order valence-corrected chi connectivity index (χ1v) is 6.92. The monoisotopic (exact) mass is 266 g/mol. The number of benzene rings is 1. The van der Waals surface area contributed by atoms with Gasteiger partial charge in [-0.1, -0.05) is 12.1 Å². The van der Waals surface area contributed by atoms with Gasteiger partial charge in [0, 0.05) is 12.2 Å². The fourth-order valence-electron chi connectivity index (χ4n) is 1.85. The number of allylic oxidation sites excluding steroid dienone is 2. The highest BCUT2D eigenvalue weighted by atomic mass is 32.2. The lowest BCUT2D eigenvalue weighted by Gasteiger charge is -2.07. The van der Waals surface area contributed by atoms with Crippen LogP contribution >= 0.6 is 0 Å². The van der Waals surface area contributed by atoms with Crippen LogP contribution in [0.1, 0.15) is 12.8 Å². The summed E-state index contributed by atoms with van der Waals surface area (Å²) in [6, 6.07) is 6.73. The van der Waals surface area contributed by atoms with Crippen LogP contribution in [0.4, 0.5) is 4.39 Å². The Kier molecular flexibility index (Phi) is 3.34. The van der Waals surface area contributed by atoms with Gasteiger partial charge in [-0.15, -0.1) is 0 Å². The lowest BCUT2D eigenvalue weighted by atomic mass is 10.3. The zero-order valence-electron chi connectivity index (χ0n) is 9.48. The summed E-state index contributed by atoms with van der Waals surface area (Å²) in [6.07, 6.45) is 1.27. The van der Waals surface area contributed by atoms with Gasteiger partial charge < -0.3 is 5.32 Å². The molecule has 0 saturated carbocycles. The molecule has 0 unspecified atom stereocenters. The van der Waals surface area contributed by atoms with E-state index in [1.54, 1.807) is 6.07 Å². The molecule has 0 aliphatic carbocycles. The zero-order chi connectivity index (χ0) is 13.2. The zero-order valence-corrected chi connectivity index (χ0v) is 10.3. The van der Waals surface area contributed by atoms with Crippen molar-refractivity contribution in [1.29, 1.82) is 5.26 Å². The summed E-state index contributed by atoms with van der Waals surface area (Å²) in [5.74, 6) is -0.844. The van der Waals surface area contributed by atoms with Crippen molar-refractivity contribution in [3.05, 3.63) is 40.7 Å². The van der Waals surface area contributed by atoms with E-state index in [9.17, 15) is 12.8 Å². The van der Waals surface area contributed by atoms with E-state index >= 15 is 0 Å². The maximum absolute atomic E-state index is 13.5. The molecule has 1 N–H and O–H groups in total. The first-order chi connectivity index (χ1) is 8.57. The Morgan fingerprint density at radius 2 is 2.11 bits per heavy atom. The second kappa shape index (κ2) is 4.78. The number of hydrogen-bond donors (Lipinski definition) is 1. The molecule has 18 heavy (non-hydrogen) atoms. The second-order valence-corrected chi connectivity index (χ2v) is 5.74. The molecule has 1 aromatic rings. The van der Waals surface area contributed by atoms with E-state index in [1.165, 1.54) is 12.1 Å². The Labute approximate surface area is 105 Å². The molecular weight excluding hydrogens is 255 g/mol. The van der Waals surface area contributed by atoms with Crippen LogP contribution < -0.4 is 5.32 Å². The molecule has 4 nitrogen and oxygen atoms in total. The third-order valence-corrected chi connectivity index (χ3v) is 4.50. The van der Waals surface area contributed by atoms with Crippen molar-refractivity contribution >= 4 is 9.84 Å². The summed E-state index contributed by atoms with van der Waals surface area (Å²) in [5.41, 5.74) is 0.376. The molecular formula is C12H11FN2O2S. The third kappa shape index (κ3) is 2.09. The van der Waals surface area contributed by atoms with Gasteiger partial charge in [-0.05, 0) is 25.0 Å². The summed E-state index contributed by atoms with van der Waals surface area (Å²) in [6.45, 7) is 0.632. The highest BCUT2D eigenvalue weighted by Gasteiger charge is 2.28. The fourth-order valence-corrected chi connectivity index (χ4v) is 3.27. The van der Waals surface area contributed by atoms with Crippen LogP contribution in [0.25, 0.3) is 0 Å². The van der Waals surface area contributed by atoms with Crippen LogP contribution in [0, 0.1) is 17.1 Å². The molecule has 0 aromatic heterocycles. The van der Waals surface area contributed by atoms with E-state index in [0.29, 0.717) is 18.7 Å². The first kappa shape index (κ1) is 12.6. The van der Waals surface area contributed by atoms with Crippen molar-refractivity contribution in [2.45, 2.75) is 17.7 Å². The Bertz CT molecular complexity index is 636. The molecule has 1 fully saturated rings. The number of nitrogens with one attached hydrogen (secondary N) is 1. The number of halogens is 1. The Balaban J connectivity index is 2.59. The minimum atomic E-state index is -4.08. The van der Waals surface area contributed by atoms with Gasteiger partial charge in [0.05, 0.1) is 0 Å². The maximum atomic E-state index is 13.5. The number of hydrogen-bond acceptors (Lipinski definition) is 4. The van der Waals surface area contributed by atoms with E-state index in [1.807, 2.05) is 0 Å². The van der Waals surface area contributed by atoms with Crippen LogP contribution in [-0.2, 0) is 9.84 Å².